The molecule has 11 N–H and O–H groups in total. The summed E-state index contributed by atoms with van der Waals surface area (Å²) < 4.78 is 5.69. The fourth-order valence-electron chi connectivity index (χ4n) is 10.3. The minimum absolute atomic E-state index is 0.0346. The van der Waals surface area contributed by atoms with E-state index in [4.69, 9.17) is 4.74 Å². The summed E-state index contributed by atoms with van der Waals surface area (Å²) in [6.45, 7) is 5.70. The van der Waals surface area contributed by atoms with E-state index in [1.165, 1.54) is 0 Å². The van der Waals surface area contributed by atoms with Crippen molar-refractivity contribution >= 4 is 0 Å². The van der Waals surface area contributed by atoms with Crippen molar-refractivity contribution in [2.24, 2.45) is 41.4 Å². The highest BCUT2D eigenvalue weighted by molar-refractivity contribution is 5.26. The van der Waals surface area contributed by atoms with Crippen LogP contribution in [0.2, 0.25) is 0 Å². The predicted octanol–water partition coefficient (Wildman–Crippen LogP) is -1.29. The lowest BCUT2D eigenvalue weighted by molar-refractivity contribution is -0.373. The van der Waals surface area contributed by atoms with E-state index in [0.717, 1.165) is 25.7 Å². The molecule has 0 heterocycles. The van der Waals surface area contributed by atoms with E-state index in [1.807, 2.05) is 20.8 Å². The average Bonchev–Trinajstić information content (AvgIpc) is 2.85. The van der Waals surface area contributed by atoms with E-state index >= 15 is 0 Å². The fourth-order valence-corrected chi connectivity index (χ4v) is 10.3. The van der Waals surface area contributed by atoms with Crippen LogP contribution in [-0.4, -0.2) is 122 Å². The molecule has 5 aliphatic rings. The Morgan fingerprint density at radius 1 is 0.767 bits per heavy atom. The molecule has 250 valence electrons. The van der Waals surface area contributed by atoms with Gasteiger partial charge >= 0.3 is 0 Å². The normalized spacial score (nSPS) is 53.1. The van der Waals surface area contributed by atoms with E-state index in [0.29, 0.717) is 25.2 Å². The summed E-state index contributed by atoms with van der Waals surface area (Å²) in [7, 11) is 0. The smallest absolute Gasteiger partial charge is 0.159 e. The molecule has 0 spiro atoms. The summed E-state index contributed by atoms with van der Waals surface area (Å²) in [6.07, 6.45) is -7.43. The molecular weight excluding hydrogens is 564 g/mol. The summed E-state index contributed by atoms with van der Waals surface area (Å²) >= 11 is 0. The first-order valence-corrected chi connectivity index (χ1v) is 16.1. The van der Waals surface area contributed by atoms with Gasteiger partial charge in [-0.1, -0.05) is 0 Å². The third-order valence-corrected chi connectivity index (χ3v) is 12.1. The predicted molar refractivity (Wildman–Crippen MR) is 151 cm³/mol. The molecule has 0 saturated heterocycles. The second-order valence-electron chi connectivity index (χ2n) is 15.8. The number of hydrogen-bond donors (Lipinski definition) is 11. The largest absolute Gasteiger partial charge is 0.393 e. The van der Waals surface area contributed by atoms with Gasteiger partial charge in [-0.2, -0.15) is 0 Å². The Hall–Kier alpha value is -0.480. The Kier molecular flexibility index (Phi) is 9.17. The monoisotopic (exact) mass is 618 g/mol. The molecule has 5 saturated carbocycles. The van der Waals surface area contributed by atoms with E-state index in [-0.39, 0.29) is 24.2 Å². The Morgan fingerprint density at radius 3 is 1.98 bits per heavy atom. The number of aliphatic hydroxyl groups is 11. The van der Waals surface area contributed by atoms with Crippen molar-refractivity contribution in [3.8, 4) is 0 Å². The molecule has 0 bridgehead atoms. The van der Waals surface area contributed by atoms with Gasteiger partial charge in [0.05, 0.1) is 47.6 Å². The molecule has 0 aliphatic heterocycles. The van der Waals surface area contributed by atoms with Gasteiger partial charge < -0.3 is 60.9 Å². The molecule has 5 rings (SSSR count). The standard InChI is InChI=1S/C31H54O12/c1-28(2,3)43-20(34)10-14-4-6-15(7-5-14)16-8-9-18(32)21-17(16)11-29(40)13-30(41)12-19(33)22(27(38)39)25(36)31(30,42)26(37)23(29)24(21)35/h14-27,32-42H,4-13H2,1-3H3/t14?,15?,16?,17?,18?,19?,20?,21?,22?,23?,24?,25?,26?,29-,30+,31-/m1/s1. The van der Waals surface area contributed by atoms with Crippen molar-refractivity contribution in [2.45, 2.75) is 150 Å². The molecule has 43 heavy (non-hydrogen) atoms. The van der Waals surface area contributed by atoms with Crippen molar-refractivity contribution in [3.63, 3.8) is 0 Å². The Labute approximate surface area is 253 Å². The third-order valence-electron chi connectivity index (χ3n) is 12.1. The number of fused-ring (bicyclic) bond motifs is 3. The summed E-state index contributed by atoms with van der Waals surface area (Å²) in [6, 6.07) is 0. The summed E-state index contributed by atoms with van der Waals surface area (Å²) in [4.78, 5) is 0. The van der Waals surface area contributed by atoms with Gasteiger partial charge in [0.15, 0.2) is 12.6 Å². The highest BCUT2D eigenvalue weighted by Gasteiger charge is 2.76. The lowest BCUT2D eigenvalue weighted by Crippen LogP contribution is -2.83. The number of ether oxygens (including phenoxy) is 1. The molecule has 5 aliphatic carbocycles. The van der Waals surface area contributed by atoms with Crippen LogP contribution in [0.1, 0.15) is 85.0 Å². The first kappa shape index (κ1) is 33.9. The number of rotatable bonds is 5. The average molecular weight is 619 g/mol. The van der Waals surface area contributed by atoms with Gasteiger partial charge in [-0.3, -0.25) is 0 Å². The van der Waals surface area contributed by atoms with Crippen LogP contribution in [0.4, 0.5) is 0 Å². The molecule has 0 aromatic carbocycles. The van der Waals surface area contributed by atoms with Crippen molar-refractivity contribution < 1.29 is 60.9 Å². The van der Waals surface area contributed by atoms with Crippen LogP contribution in [-0.2, 0) is 4.74 Å². The first-order chi connectivity index (χ1) is 19.8. The van der Waals surface area contributed by atoms with Crippen molar-refractivity contribution in [3.05, 3.63) is 0 Å². The Bertz CT molecular complexity index is 982. The molecule has 12 heteroatoms. The molecule has 11 unspecified atom stereocenters. The van der Waals surface area contributed by atoms with Gasteiger partial charge in [-0.25, -0.2) is 0 Å². The minimum atomic E-state index is -2.79. The first-order valence-electron chi connectivity index (χ1n) is 16.1. The molecule has 12 nitrogen and oxygen atoms in total. The van der Waals surface area contributed by atoms with Crippen LogP contribution in [0, 0.1) is 41.4 Å². The maximum atomic E-state index is 12.1. The third kappa shape index (κ3) is 5.72. The van der Waals surface area contributed by atoms with Crippen LogP contribution in [0.15, 0.2) is 0 Å². The maximum Gasteiger partial charge on any atom is 0.159 e. The quantitative estimate of drug-likeness (QED) is 0.162. The van der Waals surface area contributed by atoms with Crippen molar-refractivity contribution in [2.75, 3.05) is 0 Å². The molecule has 5 fully saturated rings. The van der Waals surface area contributed by atoms with Gasteiger partial charge in [-0.15, -0.1) is 0 Å². The summed E-state index contributed by atoms with van der Waals surface area (Å²) in [5.41, 5.74) is -7.53. The second kappa shape index (κ2) is 11.6. The Balaban J connectivity index is 1.36. The van der Waals surface area contributed by atoms with Gasteiger partial charge in [0.25, 0.3) is 0 Å². The highest BCUT2D eigenvalue weighted by atomic mass is 16.6. The molecule has 14 atom stereocenters. The van der Waals surface area contributed by atoms with Crippen molar-refractivity contribution in [1.29, 1.82) is 0 Å². The maximum absolute atomic E-state index is 12.1. The van der Waals surface area contributed by atoms with Gasteiger partial charge in [0, 0.05) is 31.1 Å². The van der Waals surface area contributed by atoms with Crippen LogP contribution < -0.4 is 0 Å². The lowest BCUT2D eigenvalue weighted by atomic mass is 9.44. The van der Waals surface area contributed by atoms with Crippen LogP contribution in [0.5, 0.6) is 0 Å². The van der Waals surface area contributed by atoms with E-state index in [9.17, 15) is 56.2 Å². The lowest BCUT2D eigenvalue weighted by Gasteiger charge is -2.67. The van der Waals surface area contributed by atoms with E-state index < -0.39 is 96.1 Å². The SMILES string of the molecule is CC(C)(C)OC(O)CC1CCC(C2CCC(O)C3C(O)C4C(O)[C@]5(O)C(O)C(C(O)O)C(O)C[C@]5(O)C[C@]4(O)CC23)CC1. The van der Waals surface area contributed by atoms with E-state index in [2.05, 4.69) is 0 Å². The molecule has 0 amide bonds. The fraction of sp³-hybridized carbons (Fsp3) is 1.00. The topological polar surface area (TPSA) is 232 Å². The zero-order chi connectivity index (χ0) is 31.9. The van der Waals surface area contributed by atoms with Crippen molar-refractivity contribution in [1.82, 2.24) is 0 Å². The molecule has 0 radical (unpaired) electrons. The van der Waals surface area contributed by atoms with Gasteiger partial charge in [0.2, 0.25) is 0 Å². The number of aliphatic hydroxyl groups excluding tert-OH is 7. The molecule has 0 aromatic heterocycles. The van der Waals surface area contributed by atoms with Crippen LogP contribution >= 0.6 is 0 Å². The van der Waals surface area contributed by atoms with Crippen LogP contribution in [0.25, 0.3) is 0 Å². The second-order valence-corrected chi connectivity index (χ2v) is 15.8. The van der Waals surface area contributed by atoms with Crippen LogP contribution in [0.3, 0.4) is 0 Å². The van der Waals surface area contributed by atoms with E-state index in [1.54, 1.807) is 0 Å². The van der Waals surface area contributed by atoms with Gasteiger partial charge in [0.1, 0.15) is 11.2 Å². The number of hydrogen-bond acceptors (Lipinski definition) is 12. The Morgan fingerprint density at radius 2 is 1.40 bits per heavy atom. The minimum Gasteiger partial charge on any atom is -0.393 e. The highest BCUT2D eigenvalue weighted by Crippen LogP contribution is 2.62. The zero-order valence-corrected chi connectivity index (χ0v) is 25.5. The summed E-state index contributed by atoms with van der Waals surface area (Å²) in [5, 5.41) is 121. The van der Waals surface area contributed by atoms with Gasteiger partial charge in [-0.05, 0) is 89.4 Å². The molecular formula is C31H54O12. The molecule has 0 aromatic rings. The summed E-state index contributed by atoms with van der Waals surface area (Å²) in [5.74, 6) is -3.62. The zero-order valence-electron chi connectivity index (χ0n) is 25.5.